The van der Waals surface area contributed by atoms with E-state index < -0.39 is 6.04 Å². The van der Waals surface area contributed by atoms with E-state index in [0.29, 0.717) is 6.61 Å². The number of nitrogens with one attached hydrogen (secondary N) is 1. The molecular formula is C13H13BrN2O2S. The van der Waals surface area contributed by atoms with Crippen LogP contribution in [0.1, 0.15) is 17.8 Å². The average molecular weight is 341 g/mol. The van der Waals surface area contributed by atoms with E-state index in [1.807, 2.05) is 24.3 Å². The molecule has 1 atom stereocenters. The molecule has 0 saturated carbocycles. The number of thiazole rings is 1. The molecule has 19 heavy (non-hydrogen) atoms. The second-order valence-electron chi connectivity index (χ2n) is 3.71. The minimum atomic E-state index is -0.536. The number of hydrogen-bond acceptors (Lipinski definition) is 5. The molecular weight excluding hydrogens is 328 g/mol. The normalized spacial score (nSPS) is 11.9. The highest BCUT2D eigenvalue weighted by atomic mass is 79.9. The fourth-order valence-corrected chi connectivity index (χ4v) is 2.63. The zero-order valence-electron chi connectivity index (χ0n) is 10.3. The Bertz CT molecular complexity index is 545. The standard InChI is InChI=1S/C13H13BrN2O2S/c1-2-18-13(17)12(11-7-15-8-19-11)16-10-6-4-3-5-9(10)14/h3-8,12,16H,2H2,1H3. The number of carbonyl (C=O) groups excluding carboxylic acids is 1. The van der Waals surface area contributed by atoms with Crippen LogP contribution in [-0.4, -0.2) is 17.6 Å². The maximum absolute atomic E-state index is 12.0. The Kier molecular flexibility index (Phi) is 4.93. The number of nitrogens with zero attached hydrogens (tertiary/aromatic N) is 1. The molecule has 2 aromatic rings. The predicted octanol–water partition coefficient (Wildman–Crippen LogP) is 3.62. The van der Waals surface area contributed by atoms with Crippen molar-refractivity contribution in [1.29, 1.82) is 0 Å². The van der Waals surface area contributed by atoms with Crippen LogP contribution in [0.15, 0.2) is 40.4 Å². The summed E-state index contributed by atoms with van der Waals surface area (Å²) in [5.74, 6) is -0.303. The highest BCUT2D eigenvalue weighted by molar-refractivity contribution is 9.10. The molecule has 0 spiro atoms. The lowest BCUT2D eigenvalue weighted by Crippen LogP contribution is -2.22. The summed E-state index contributed by atoms with van der Waals surface area (Å²) in [5, 5.41) is 3.18. The molecule has 0 saturated heterocycles. The van der Waals surface area contributed by atoms with Gasteiger partial charge in [0, 0.05) is 16.4 Å². The topological polar surface area (TPSA) is 51.2 Å². The van der Waals surface area contributed by atoms with E-state index in [1.54, 1.807) is 18.6 Å². The molecule has 1 aromatic carbocycles. The lowest BCUT2D eigenvalue weighted by atomic mass is 10.2. The fourth-order valence-electron chi connectivity index (χ4n) is 1.57. The summed E-state index contributed by atoms with van der Waals surface area (Å²) in [5.41, 5.74) is 2.54. The second kappa shape index (κ2) is 6.68. The lowest BCUT2D eigenvalue weighted by Gasteiger charge is -2.17. The van der Waals surface area contributed by atoms with Crippen molar-refractivity contribution in [3.63, 3.8) is 0 Å². The predicted molar refractivity (Wildman–Crippen MR) is 79.3 cm³/mol. The minimum Gasteiger partial charge on any atom is -0.464 e. The third-order valence-electron chi connectivity index (χ3n) is 2.43. The van der Waals surface area contributed by atoms with E-state index in [1.165, 1.54) is 11.3 Å². The van der Waals surface area contributed by atoms with Gasteiger partial charge in [0.2, 0.25) is 0 Å². The minimum absolute atomic E-state index is 0.303. The number of rotatable bonds is 5. The first-order chi connectivity index (χ1) is 9.22. The SMILES string of the molecule is CCOC(=O)C(Nc1ccccc1Br)c1cncs1. The zero-order valence-corrected chi connectivity index (χ0v) is 12.7. The average Bonchev–Trinajstić information content (AvgIpc) is 2.91. The summed E-state index contributed by atoms with van der Waals surface area (Å²) >= 11 is 4.87. The summed E-state index contributed by atoms with van der Waals surface area (Å²) in [7, 11) is 0. The van der Waals surface area contributed by atoms with Gasteiger partial charge >= 0.3 is 5.97 Å². The van der Waals surface area contributed by atoms with Gasteiger partial charge in [-0.2, -0.15) is 0 Å². The van der Waals surface area contributed by atoms with Crippen LogP contribution in [0.4, 0.5) is 5.69 Å². The summed E-state index contributed by atoms with van der Waals surface area (Å²) in [4.78, 5) is 16.9. The van der Waals surface area contributed by atoms with E-state index in [2.05, 4.69) is 26.2 Å². The number of anilines is 1. The van der Waals surface area contributed by atoms with Crippen LogP contribution >= 0.6 is 27.3 Å². The van der Waals surface area contributed by atoms with Crippen molar-refractivity contribution in [2.24, 2.45) is 0 Å². The van der Waals surface area contributed by atoms with Crippen LogP contribution in [0.5, 0.6) is 0 Å². The van der Waals surface area contributed by atoms with Gasteiger partial charge in [0.05, 0.1) is 17.0 Å². The molecule has 100 valence electrons. The van der Waals surface area contributed by atoms with Crippen LogP contribution in [0.3, 0.4) is 0 Å². The molecule has 1 N–H and O–H groups in total. The smallest absolute Gasteiger partial charge is 0.334 e. The Balaban J connectivity index is 2.24. The van der Waals surface area contributed by atoms with Crippen molar-refractivity contribution in [2.75, 3.05) is 11.9 Å². The highest BCUT2D eigenvalue weighted by Crippen LogP contribution is 2.28. The van der Waals surface area contributed by atoms with Crippen molar-refractivity contribution in [3.8, 4) is 0 Å². The van der Waals surface area contributed by atoms with E-state index in [-0.39, 0.29) is 5.97 Å². The first kappa shape index (κ1) is 14.0. The number of hydrogen-bond donors (Lipinski definition) is 1. The first-order valence-electron chi connectivity index (χ1n) is 5.78. The molecule has 6 heteroatoms. The molecule has 2 rings (SSSR count). The van der Waals surface area contributed by atoms with Gasteiger partial charge in [-0.15, -0.1) is 11.3 Å². The van der Waals surface area contributed by atoms with Crippen LogP contribution in [0.2, 0.25) is 0 Å². The number of esters is 1. The zero-order chi connectivity index (χ0) is 13.7. The van der Waals surface area contributed by atoms with Crippen molar-refractivity contribution in [1.82, 2.24) is 4.98 Å². The van der Waals surface area contributed by atoms with Crippen LogP contribution in [0, 0.1) is 0 Å². The molecule has 1 unspecified atom stereocenters. The molecule has 0 bridgehead atoms. The lowest BCUT2D eigenvalue weighted by molar-refractivity contribution is -0.144. The molecule has 0 amide bonds. The van der Waals surface area contributed by atoms with Gasteiger partial charge in [-0.3, -0.25) is 4.98 Å². The van der Waals surface area contributed by atoms with Crippen LogP contribution in [-0.2, 0) is 9.53 Å². The highest BCUT2D eigenvalue weighted by Gasteiger charge is 2.23. The monoisotopic (exact) mass is 340 g/mol. The van der Waals surface area contributed by atoms with Crippen LogP contribution < -0.4 is 5.32 Å². The van der Waals surface area contributed by atoms with Gasteiger partial charge in [-0.1, -0.05) is 12.1 Å². The van der Waals surface area contributed by atoms with E-state index >= 15 is 0 Å². The van der Waals surface area contributed by atoms with Gasteiger partial charge in [0.1, 0.15) is 0 Å². The Morgan fingerprint density at radius 2 is 2.32 bits per heavy atom. The fraction of sp³-hybridized carbons (Fsp3) is 0.231. The number of carbonyl (C=O) groups is 1. The number of para-hydroxylation sites is 1. The van der Waals surface area contributed by atoms with Gasteiger partial charge in [0.25, 0.3) is 0 Å². The van der Waals surface area contributed by atoms with Crippen molar-refractivity contribution < 1.29 is 9.53 Å². The third kappa shape index (κ3) is 3.54. The van der Waals surface area contributed by atoms with E-state index in [4.69, 9.17) is 4.74 Å². The maximum Gasteiger partial charge on any atom is 0.334 e. The largest absolute Gasteiger partial charge is 0.464 e. The number of benzene rings is 1. The summed E-state index contributed by atoms with van der Waals surface area (Å²) in [6.45, 7) is 2.14. The Labute approximate surface area is 124 Å². The van der Waals surface area contributed by atoms with Gasteiger partial charge in [-0.25, -0.2) is 4.79 Å². The Hall–Kier alpha value is -1.40. The quantitative estimate of drug-likeness (QED) is 0.844. The van der Waals surface area contributed by atoms with E-state index in [0.717, 1.165) is 15.0 Å². The first-order valence-corrected chi connectivity index (χ1v) is 7.45. The summed E-state index contributed by atoms with van der Waals surface area (Å²) in [6.07, 6.45) is 1.68. The molecule has 1 heterocycles. The molecule has 0 radical (unpaired) electrons. The van der Waals surface area contributed by atoms with Gasteiger partial charge < -0.3 is 10.1 Å². The van der Waals surface area contributed by atoms with Gasteiger partial charge in [-0.05, 0) is 35.0 Å². The number of halogens is 1. The molecule has 1 aromatic heterocycles. The summed E-state index contributed by atoms with van der Waals surface area (Å²) in [6, 6.07) is 7.10. The van der Waals surface area contributed by atoms with Crippen molar-refractivity contribution >= 4 is 38.9 Å². The second-order valence-corrected chi connectivity index (χ2v) is 5.49. The molecule has 0 fully saturated rings. The Morgan fingerprint density at radius 1 is 1.53 bits per heavy atom. The van der Waals surface area contributed by atoms with Crippen molar-refractivity contribution in [2.45, 2.75) is 13.0 Å². The maximum atomic E-state index is 12.0. The van der Waals surface area contributed by atoms with Gasteiger partial charge in [0.15, 0.2) is 6.04 Å². The molecule has 0 aliphatic rings. The third-order valence-corrected chi connectivity index (χ3v) is 3.96. The van der Waals surface area contributed by atoms with E-state index in [9.17, 15) is 4.79 Å². The van der Waals surface area contributed by atoms with Crippen LogP contribution in [0.25, 0.3) is 0 Å². The Morgan fingerprint density at radius 3 is 2.95 bits per heavy atom. The molecule has 4 nitrogen and oxygen atoms in total. The number of ether oxygens (including phenoxy) is 1. The summed E-state index contributed by atoms with van der Waals surface area (Å²) < 4.78 is 6.00. The molecule has 0 aliphatic heterocycles. The number of aromatic nitrogens is 1. The van der Waals surface area contributed by atoms with Crippen molar-refractivity contribution in [3.05, 3.63) is 45.3 Å². The molecule has 0 aliphatic carbocycles.